The minimum Gasteiger partial charge on any atom is -0.393 e. The van der Waals surface area contributed by atoms with Crippen molar-refractivity contribution in [2.45, 2.75) is 6.04 Å². The number of nitro groups is 1. The number of benzene rings is 2. The number of nitrogens with one attached hydrogen (secondary N) is 1. The summed E-state index contributed by atoms with van der Waals surface area (Å²) in [5, 5.41) is 14.0. The van der Waals surface area contributed by atoms with Gasteiger partial charge in [0.25, 0.3) is 11.6 Å². The van der Waals surface area contributed by atoms with Crippen LogP contribution in [0.4, 0.5) is 11.4 Å². The molecule has 26 heavy (non-hydrogen) atoms. The van der Waals surface area contributed by atoms with Crippen LogP contribution in [0.5, 0.6) is 0 Å². The third kappa shape index (κ3) is 3.67. The summed E-state index contributed by atoms with van der Waals surface area (Å²) in [5.74, 6) is -0.432. The second-order valence-electron chi connectivity index (χ2n) is 5.63. The lowest BCUT2D eigenvalue weighted by Crippen LogP contribution is -2.29. The number of nitrogen functional groups attached to an aromatic ring is 1. The van der Waals surface area contributed by atoms with E-state index in [2.05, 4.69) is 10.3 Å². The molecular formula is C19H16N4O3. The van der Waals surface area contributed by atoms with E-state index in [0.717, 1.165) is 11.1 Å². The highest BCUT2D eigenvalue weighted by atomic mass is 16.6. The fourth-order valence-corrected chi connectivity index (χ4v) is 2.62. The van der Waals surface area contributed by atoms with Gasteiger partial charge >= 0.3 is 0 Å². The molecule has 1 unspecified atom stereocenters. The predicted molar refractivity (Wildman–Crippen MR) is 97.5 cm³/mol. The zero-order valence-corrected chi connectivity index (χ0v) is 13.7. The average Bonchev–Trinajstić information content (AvgIpc) is 2.67. The van der Waals surface area contributed by atoms with Crippen molar-refractivity contribution in [3.63, 3.8) is 0 Å². The van der Waals surface area contributed by atoms with Gasteiger partial charge in [0.2, 0.25) is 0 Å². The Morgan fingerprint density at radius 3 is 2.35 bits per heavy atom. The first-order valence-corrected chi connectivity index (χ1v) is 7.86. The Morgan fingerprint density at radius 2 is 1.69 bits per heavy atom. The third-order valence-corrected chi connectivity index (χ3v) is 3.94. The van der Waals surface area contributed by atoms with Crippen LogP contribution in [0.15, 0.2) is 73.1 Å². The number of rotatable bonds is 5. The molecule has 1 aromatic heterocycles. The predicted octanol–water partition coefficient (Wildman–Crippen LogP) is 3.09. The molecule has 7 heteroatoms. The van der Waals surface area contributed by atoms with Crippen LogP contribution in [0, 0.1) is 10.1 Å². The Hall–Kier alpha value is -3.74. The Labute approximate surface area is 149 Å². The van der Waals surface area contributed by atoms with Crippen molar-refractivity contribution in [3.05, 3.63) is 99.9 Å². The van der Waals surface area contributed by atoms with Gasteiger partial charge in [0.05, 0.1) is 11.0 Å². The number of anilines is 1. The molecule has 130 valence electrons. The van der Waals surface area contributed by atoms with Gasteiger partial charge < -0.3 is 11.1 Å². The van der Waals surface area contributed by atoms with Crippen molar-refractivity contribution in [2.75, 3.05) is 5.73 Å². The Balaban J connectivity index is 1.94. The highest BCUT2D eigenvalue weighted by molar-refractivity contribution is 5.96. The smallest absolute Gasteiger partial charge is 0.292 e. The minimum absolute atomic E-state index is 0.0142. The Bertz CT molecular complexity index is 891. The van der Waals surface area contributed by atoms with Crippen LogP contribution in [-0.4, -0.2) is 15.8 Å². The van der Waals surface area contributed by atoms with Crippen molar-refractivity contribution in [1.82, 2.24) is 10.3 Å². The third-order valence-electron chi connectivity index (χ3n) is 3.94. The fourth-order valence-electron chi connectivity index (χ4n) is 2.62. The lowest BCUT2D eigenvalue weighted by molar-refractivity contribution is -0.383. The number of aromatic nitrogens is 1. The first-order valence-electron chi connectivity index (χ1n) is 7.86. The summed E-state index contributed by atoms with van der Waals surface area (Å²) in [4.78, 5) is 27.1. The van der Waals surface area contributed by atoms with E-state index in [4.69, 9.17) is 5.73 Å². The van der Waals surface area contributed by atoms with E-state index in [-0.39, 0.29) is 16.9 Å². The molecule has 0 aliphatic heterocycles. The molecule has 0 radical (unpaired) electrons. The summed E-state index contributed by atoms with van der Waals surface area (Å²) >= 11 is 0. The van der Waals surface area contributed by atoms with E-state index in [1.807, 2.05) is 42.5 Å². The first kappa shape index (κ1) is 17.1. The molecule has 0 aliphatic rings. The Kier molecular flexibility index (Phi) is 4.89. The molecule has 0 aliphatic carbocycles. The summed E-state index contributed by atoms with van der Waals surface area (Å²) in [6.45, 7) is 0. The molecule has 3 aromatic rings. The van der Waals surface area contributed by atoms with Crippen LogP contribution in [0.1, 0.15) is 27.5 Å². The zero-order chi connectivity index (χ0) is 18.5. The van der Waals surface area contributed by atoms with Gasteiger partial charge in [-0.05, 0) is 35.4 Å². The summed E-state index contributed by atoms with van der Waals surface area (Å²) in [7, 11) is 0. The molecule has 1 amide bonds. The number of nitrogens with zero attached hydrogens (tertiary/aromatic N) is 2. The SMILES string of the molecule is Nc1ccc(C(=O)NC(c2ccccc2)c2ccncc2)cc1[N+](=O)[O-]. The molecule has 2 aromatic carbocycles. The van der Waals surface area contributed by atoms with Crippen LogP contribution in [0.25, 0.3) is 0 Å². The number of hydrogen-bond donors (Lipinski definition) is 2. The molecule has 0 saturated heterocycles. The topological polar surface area (TPSA) is 111 Å². The molecule has 3 N–H and O–H groups in total. The van der Waals surface area contributed by atoms with E-state index in [1.54, 1.807) is 12.4 Å². The highest BCUT2D eigenvalue weighted by Gasteiger charge is 2.20. The van der Waals surface area contributed by atoms with Gasteiger partial charge in [-0.1, -0.05) is 30.3 Å². The van der Waals surface area contributed by atoms with Gasteiger partial charge in [0.15, 0.2) is 0 Å². The summed E-state index contributed by atoms with van der Waals surface area (Å²) in [6, 6.07) is 16.7. The van der Waals surface area contributed by atoms with Crippen molar-refractivity contribution >= 4 is 17.3 Å². The van der Waals surface area contributed by atoms with Crippen molar-refractivity contribution < 1.29 is 9.72 Å². The van der Waals surface area contributed by atoms with E-state index >= 15 is 0 Å². The number of amides is 1. The van der Waals surface area contributed by atoms with Gasteiger partial charge in [-0.2, -0.15) is 0 Å². The molecule has 3 rings (SSSR count). The second-order valence-corrected chi connectivity index (χ2v) is 5.63. The summed E-state index contributed by atoms with van der Waals surface area (Å²) in [6.07, 6.45) is 3.29. The number of nitro benzene ring substituents is 1. The van der Waals surface area contributed by atoms with Crippen LogP contribution < -0.4 is 11.1 Å². The summed E-state index contributed by atoms with van der Waals surface area (Å²) < 4.78 is 0. The average molecular weight is 348 g/mol. The molecule has 0 saturated carbocycles. The van der Waals surface area contributed by atoms with Crippen molar-refractivity contribution in [3.8, 4) is 0 Å². The minimum atomic E-state index is -0.607. The van der Waals surface area contributed by atoms with Gasteiger partial charge in [0.1, 0.15) is 5.69 Å². The molecule has 1 atom stereocenters. The maximum Gasteiger partial charge on any atom is 0.292 e. The van der Waals surface area contributed by atoms with Crippen LogP contribution in [0.2, 0.25) is 0 Å². The molecule has 7 nitrogen and oxygen atoms in total. The quantitative estimate of drug-likeness (QED) is 0.418. The van der Waals surface area contributed by atoms with E-state index < -0.39 is 16.9 Å². The van der Waals surface area contributed by atoms with Crippen molar-refractivity contribution in [2.24, 2.45) is 0 Å². The molecule has 0 spiro atoms. The maximum absolute atomic E-state index is 12.7. The van der Waals surface area contributed by atoms with Gasteiger partial charge in [-0.3, -0.25) is 19.9 Å². The number of hydrogen-bond acceptors (Lipinski definition) is 5. The summed E-state index contributed by atoms with van der Waals surface area (Å²) in [5.41, 5.74) is 7.22. The van der Waals surface area contributed by atoms with E-state index in [0.29, 0.717) is 0 Å². The van der Waals surface area contributed by atoms with Crippen LogP contribution in [-0.2, 0) is 0 Å². The number of carbonyl (C=O) groups excluding carboxylic acids is 1. The zero-order valence-electron chi connectivity index (χ0n) is 13.7. The Morgan fingerprint density at radius 1 is 1.04 bits per heavy atom. The lowest BCUT2D eigenvalue weighted by atomic mass is 9.99. The molecular weight excluding hydrogens is 332 g/mol. The monoisotopic (exact) mass is 348 g/mol. The molecule has 1 heterocycles. The second kappa shape index (κ2) is 7.43. The first-order chi connectivity index (χ1) is 12.6. The number of nitrogens with two attached hydrogens (primary N) is 1. The van der Waals surface area contributed by atoms with Gasteiger partial charge in [-0.25, -0.2) is 0 Å². The van der Waals surface area contributed by atoms with Crippen molar-refractivity contribution in [1.29, 1.82) is 0 Å². The fraction of sp³-hybridized carbons (Fsp3) is 0.0526. The van der Waals surface area contributed by atoms with Gasteiger partial charge in [0, 0.05) is 24.0 Å². The standard InChI is InChI=1S/C19H16N4O3/c20-16-7-6-15(12-17(16)23(25)26)19(24)22-18(13-4-2-1-3-5-13)14-8-10-21-11-9-14/h1-12,18H,20H2,(H,22,24). The van der Waals surface area contributed by atoms with Crippen LogP contribution >= 0.6 is 0 Å². The maximum atomic E-state index is 12.7. The molecule has 0 bridgehead atoms. The number of pyridine rings is 1. The van der Waals surface area contributed by atoms with Gasteiger partial charge in [-0.15, -0.1) is 0 Å². The molecule has 0 fully saturated rings. The van der Waals surface area contributed by atoms with E-state index in [1.165, 1.54) is 18.2 Å². The number of carbonyl (C=O) groups is 1. The largest absolute Gasteiger partial charge is 0.393 e. The van der Waals surface area contributed by atoms with E-state index in [9.17, 15) is 14.9 Å². The normalized spacial score (nSPS) is 11.5. The lowest BCUT2D eigenvalue weighted by Gasteiger charge is -2.20. The highest BCUT2D eigenvalue weighted by Crippen LogP contribution is 2.25. The van der Waals surface area contributed by atoms with Crippen LogP contribution in [0.3, 0.4) is 0 Å².